The summed E-state index contributed by atoms with van der Waals surface area (Å²) in [4.78, 5) is 28.8. The van der Waals surface area contributed by atoms with Crippen LogP contribution in [0, 0.1) is 0 Å². The zero-order valence-electron chi connectivity index (χ0n) is 14.0. The summed E-state index contributed by atoms with van der Waals surface area (Å²) >= 11 is 6.02. The highest BCUT2D eigenvalue weighted by atomic mass is 35.5. The maximum atomic E-state index is 13.1. The lowest BCUT2D eigenvalue weighted by Crippen LogP contribution is -2.46. The smallest absolute Gasteiger partial charge is 0.256 e. The van der Waals surface area contributed by atoms with Gasteiger partial charge in [-0.3, -0.25) is 9.59 Å². The van der Waals surface area contributed by atoms with Gasteiger partial charge in [-0.2, -0.15) is 0 Å². The standard InChI is InChI=1S/C17H19ClN2O6/c1-19-10-3-2-8(18)4-9(10)15(24)20-7-17(5-11(20)16(19)25)14(23)13(22)12(6-21)26-17/h2-4,11-14,21-23H,5-7H2,1H3/t11-,12-,13-,14+,17+/m0/s1. The van der Waals surface area contributed by atoms with Crippen molar-refractivity contribution in [3.63, 3.8) is 0 Å². The lowest BCUT2D eigenvalue weighted by atomic mass is 9.91. The van der Waals surface area contributed by atoms with Gasteiger partial charge in [0.25, 0.3) is 5.91 Å². The van der Waals surface area contributed by atoms with E-state index in [0.717, 1.165) is 0 Å². The summed E-state index contributed by atoms with van der Waals surface area (Å²) in [6.07, 6.45) is -3.51. The molecular weight excluding hydrogens is 364 g/mol. The molecule has 2 fully saturated rings. The van der Waals surface area contributed by atoms with Crippen molar-refractivity contribution in [2.75, 3.05) is 25.1 Å². The molecule has 2 saturated heterocycles. The first kappa shape index (κ1) is 17.7. The van der Waals surface area contributed by atoms with Crippen molar-refractivity contribution in [2.45, 2.75) is 36.4 Å². The van der Waals surface area contributed by atoms with Gasteiger partial charge < -0.3 is 29.9 Å². The summed E-state index contributed by atoms with van der Waals surface area (Å²) in [6, 6.07) is 3.91. The van der Waals surface area contributed by atoms with Gasteiger partial charge in [0, 0.05) is 18.5 Å². The van der Waals surface area contributed by atoms with E-state index in [4.69, 9.17) is 16.3 Å². The minimum Gasteiger partial charge on any atom is -0.394 e. The molecule has 0 saturated carbocycles. The topological polar surface area (TPSA) is 111 Å². The van der Waals surface area contributed by atoms with Crippen LogP contribution in [0.1, 0.15) is 16.8 Å². The summed E-state index contributed by atoms with van der Waals surface area (Å²) < 4.78 is 5.72. The lowest BCUT2D eigenvalue weighted by molar-refractivity contribution is -0.122. The van der Waals surface area contributed by atoms with Crippen LogP contribution < -0.4 is 4.90 Å². The molecule has 3 heterocycles. The van der Waals surface area contributed by atoms with Crippen LogP contribution in [0.15, 0.2) is 18.2 Å². The van der Waals surface area contributed by atoms with Gasteiger partial charge in [-0.15, -0.1) is 0 Å². The largest absolute Gasteiger partial charge is 0.394 e. The van der Waals surface area contributed by atoms with Crippen LogP contribution in [0.25, 0.3) is 0 Å². The Morgan fingerprint density at radius 2 is 2.08 bits per heavy atom. The Bertz CT molecular complexity index is 789. The van der Waals surface area contributed by atoms with Crippen LogP contribution in [0.5, 0.6) is 0 Å². The van der Waals surface area contributed by atoms with Crippen molar-refractivity contribution in [3.8, 4) is 0 Å². The summed E-state index contributed by atoms with van der Waals surface area (Å²) in [7, 11) is 1.58. The number of benzene rings is 1. The number of amides is 2. The number of carbonyl (C=O) groups excluding carboxylic acids is 2. The van der Waals surface area contributed by atoms with Crippen molar-refractivity contribution in [3.05, 3.63) is 28.8 Å². The molecule has 4 rings (SSSR count). The van der Waals surface area contributed by atoms with E-state index in [9.17, 15) is 24.9 Å². The van der Waals surface area contributed by atoms with Crippen LogP contribution in [-0.2, 0) is 9.53 Å². The number of aliphatic hydroxyl groups excluding tert-OH is 3. The molecule has 0 aliphatic carbocycles. The van der Waals surface area contributed by atoms with E-state index in [0.29, 0.717) is 16.3 Å². The fourth-order valence-electron chi connectivity index (χ4n) is 4.20. The molecule has 3 N–H and O–H groups in total. The number of halogens is 1. The van der Waals surface area contributed by atoms with Gasteiger partial charge >= 0.3 is 0 Å². The van der Waals surface area contributed by atoms with E-state index in [1.54, 1.807) is 19.2 Å². The number of ether oxygens (including phenoxy) is 1. The number of carbonyl (C=O) groups is 2. The minimum absolute atomic E-state index is 0.0400. The van der Waals surface area contributed by atoms with Crippen LogP contribution in [-0.4, -0.2) is 82.2 Å². The molecule has 8 nitrogen and oxygen atoms in total. The Kier molecular flexibility index (Phi) is 4.01. The summed E-state index contributed by atoms with van der Waals surface area (Å²) in [5.41, 5.74) is -0.534. The Balaban J connectivity index is 1.76. The van der Waals surface area contributed by atoms with Gasteiger partial charge in [-0.1, -0.05) is 11.6 Å². The van der Waals surface area contributed by atoms with Gasteiger partial charge in [0.1, 0.15) is 30.0 Å². The minimum atomic E-state index is -1.31. The Labute approximate surface area is 154 Å². The number of aliphatic hydroxyl groups is 3. The van der Waals surface area contributed by atoms with Crippen molar-refractivity contribution < 1.29 is 29.6 Å². The molecular formula is C17H19ClN2O6. The highest BCUT2D eigenvalue weighted by Crippen LogP contribution is 2.44. The Morgan fingerprint density at radius 1 is 1.35 bits per heavy atom. The maximum Gasteiger partial charge on any atom is 0.256 e. The first-order chi connectivity index (χ1) is 12.3. The molecule has 1 aromatic carbocycles. The van der Waals surface area contributed by atoms with Crippen molar-refractivity contribution in [1.82, 2.24) is 4.90 Å². The van der Waals surface area contributed by atoms with Crippen LogP contribution in [0.4, 0.5) is 5.69 Å². The molecule has 2 amide bonds. The van der Waals surface area contributed by atoms with Gasteiger partial charge in [0.05, 0.1) is 24.4 Å². The lowest BCUT2D eigenvalue weighted by Gasteiger charge is -2.27. The number of hydrogen-bond acceptors (Lipinski definition) is 6. The predicted molar refractivity (Wildman–Crippen MR) is 91.0 cm³/mol. The molecule has 26 heavy (non-hydrogen) atoms. The van der Waals surface area contributed by atoms with E-state index >= 15 is 0 Å². The molecule has 0 aromatic heterocycles. The van der Waals surface area contributed by atoms with E-state index < -0.39 is 36.6 Å². The quantitative estimate of drug-likeness (QED) is 0.597. The highest BCUT2D eigenvalue weighted by Gasteiger charge is 2.62. The van der Waals surface area contributed by atoms with E-state index in [1.165, 1.54) is 15.9 Å². The fourth-order valence-corrected chi connectivity index (χ4v) is 4.38. The molecule has 0 radical (unpaired) electrons. The maximum absolute atomic E-state index is 13.1. The second kappa shape index (κ2) is 5.90. The summed E-state index contributed by atoms with van der Waals surface area (Å²) in [5, 5.41) is 30.3. The molecule has 0 bridgehead atoms. The van der Waals surface area contributed by atoms with E-state index in [2.05, 4.69) is 0 Å². The van der Waals surface area contributed by atoms with Crippen molar-refractivity contribution in [1.29, 1.82) is 0 Å². The Hall–Kier alpha value is -1.71. The number of likely N-dealkylation sites (N-methyl/N-ethyl adjacent to an activating group) is 1. The molecule has 9 heteroatoms. The van der Waals surface area contributed by atoms with Crippen molar-refractivity contribution in [2.24, 2.45) is 0 Å². The highest BCUT2D eigenvalue weighted by molar-refractivity contribution is 6.31. The zero-order valence-corrected chi connectivity index (χ0v) is 14.8. The average molecular weight is 383 g/mol. The number of rotatable bonds is 1. The SMILES string of the molecule is CN1C(=O)[C@@H]2C[C@]3(CN2C(=O)c2cc(Cl)ccc21)O[C@@H](CO)[C@H](O)[C@H]3O. The van der Waals surface area contributed by atoms with Crippen molar-refractivity contribution >= 4 is 29.1 Å². The predicted octanol–water partition coefficient (Wildman–Crippen LogP) is -0.617. The van der Waals surface area contributed by atoms with Gasteiger partial charge in [-0.25, -0.2) is 0 Å². The first-order valence-electron chi connectivity index (χ1n) is 8.32. The average Bonchev–Trinajstić information content (AvgIpc) is 3.11. The van der Waals surface area contributed by atoms with Gasteiger partial charge in [-0.05, 0) is 18.2 Å². The van der Waals surface area contributed by atoms with Crippen LogP contribution >= 0.6 is 11.6 Å². The first-order valence-corrected chi connectivity index (χ1v) is 8.70. The second-order valence-corrected chi connectivity index (χ2v) is 7.49. The third-order valence-corrected chi connectivity index (χ3v) is 5.82. The Morgan fingerprint density at radius 3 is 2.73 bits per heavy atom. The summed E-state index contributed by atoms with van der Waals surface area (Å²) in [6.45, 7) is -0.526. The molecule has 1 aromatic rings. The molecule has 0 unspecified atom stereocenters. The van der Waals surface area contributed by atoms with Crippen LogP contribution in [0.3, 0.4) is 0 Å². The third-order valence-electron chi connectivity index (χ3n) is 5.59. The molecule has 3 aliphatic heterocycles. The van der Waals surface area contributed by atoms with E-state index in [1.807, 2.05) is 0 Å². The number of hydrogen-bond donors (Lipinski definition) is 3. The van der Waals surface area contributed by atoms with Crippen LogP contribution in [0.2, 0.25) is 5.02 Å². The normalized spacial score (nSPS) is 36.5. The third kappa shape index (κ3) is 2.30. The molecule has 1 spiro atoms. The van der Waals surface area contributed by atoms with Gasteiger partial charge in [0.15, 0.2) is 0 Å². The number of fused-ring (bicyclic) bond motifs is 2. The fraction of sp³-hybridized carbons (Fsp3) is 0.529. The molecule has 3 aliphatic rings. The monoisotopic (exact) mass is 382 g/mol. The number of anilines is 1. The number of nitrogens with zero attached hydrogens (tertiary/aromatic N) is 2. The van der Waals surface area contributed by atoms with E-state index in [-0.39, 0.29) is 24.8 Å². The summed E-state index contributed by atoms with van der Waals surface area (Å²) in [5.74, 6) is -0.700. The molecule has 5 atom stereocenters. The van der Waals surface area contributed by atoms with Gasteiger partial charge in [0.2, 0.25) is 5.91 Å². The zero-order chi connectivity index (χ0) is 18.8. The molecule has 140 valence electrons. The second-order valence-electron chi connectivity index (χ2n) is 7.05.